The summed E-state index contributed by atoms with van der Waals surface area (Å²) in [5, 5.41) is 3.31. The van der Waals surface area contributed by atoms with Gasteiger partial charge in [-0.25, -0.2) is 0 Å². The molecule has 1 heterocycles. The molecule has 1 N–H and O–H groups in total. The molecule has 2 aliphatic carbocycles. The minimum absolute atomic E-state index is 0.0285. The highest BCUT2D eigenvalue weighted by Crippen LogP contribution is 2.39. The zero-order valence-electron chi connectivity index (χ0n) is 15.6. The van der Waals surface area contributed by atoms with Crippen molar-refractivity contribution >= 4 is 11.8 Å². The topological polar surface area (TPSA) is 49.4 Å². The fourth-order valence-electron chi connectivity index (χ4n) is 5.04. The van der Waals surface area contributed by atoms with Gasteiger partial charge < -0.3 is 10.2 Å². The number of benzene rings is 1. The van der Waals surface area contributed by atoms with E-state index in [1.807, 2.05) is 29.2 Å². The molecular formula is C22H30N2O2. The second-order valence-electron chi connectivity index (χ2n) is 8.19. The van der Waals surface area contributed by atoms with Gasteiger partial charge in [0.25, 0.3) is 5.91 Å². The SMILES string of the molecule is O=C(NC1CCCCCCC1)C1c2ccccc2C(=O)N1C1CCCC1. The van der Waals surface area contributed by atoms with Gasteiger partial charge in [-0.15, -0.1) is 0 Å². The number of hydrogen-bond acceptors (Lipinski definition) is 2. The predicted molar refractivity (Wildman–Crippen MR) is 102 cm³/mol. The molecular weight excluding hydrogens is 324 g/mol. The largest absolute Gasteiger partial charge is 0.351 e. The second-order valence-corrected chi connectivity index (χ2v) is 8.19. The molecule has 4 rings (SSSR count). The molecule has 4 nitrogen and oxygen atoms in total. The van der Waals surface area contributed by atoms with Gasteiger partial charge in [0.15, 0.2) is 0 Å². The lowest BCUT2D eigenvalue weighted by Crippen LogP contribution is -2.46. The number of amides is 2. The van der Waals surface area contributed by atoms with Crippen molar-refractivity contribution in [1.82, 2.24) is 10.2 Å². The smallest absolute Gasteiger partial charge is 0.255 e. The van der Waals surface area contributed by atoms with Crippen molar-refractivity contribution < 1.29 is 9.59 Å². The number of rotatable bonds is 3. The number of carbonyl (C=O) groups excluding carboxylic acids is 2. The zero-order chi connectivity index (χ0) is 17.9. The number of nitrogens with one attached hydrogen (secondary N) is 1. The highest BCUT2D eigenvalue weighted by Gasteiger charge is 2.45. The summed E-state index contributed by atoms with van der Waals surface area (Å²) in [4.78, 5) is 28.2. The van der Waals surface area contributed by atoms with Crippen molar-refractivity contribution in [2.45, 2.75) is 88.8 Å². The average Bonchev–Trinajstić information content (AvgIpc) is 3.24. The van der Waals surface area contributed by atoms with Crippen LogP contribution in [0.1, 0.15) is 92.6 Å². The van der Waals surface area contributed by atoms with Gasteiger partial charge in [0, 0.05) is 17.6 Å². The van der Waals surface area contributed by atoms with Crippen LogP contribution in [0, 0.1) is 0 Å². The van der Waals surface area contributed by atoms with Gasteiger partial charge in [-0.2, -0.15) is 0 Å². The Balaban J connectivity index is 1.56. The lowest BCUT2D eigenvalue weighted by Gasteiger charge is -2.32. The maximum Gasteiger partial charge on any atom is 0.255 e. The molecule has 140 valence electrons. The monoisotopic (exact) mass is 354 g/mol. The predicted octanol–water partition coefficient (Wildman–Crippen LogP) is 4.36. The number of fused-ring (bicyclic) bond motifs is 1. The van der Waals surface area contributed by atoms with E-state index in [4.69, 9.17) is 0 Å². The Labute approximate surface area is 156 Å². The number of carbonyl (C=O) groups is 2. The van der Waals surface area contributed by atoms with Gasteiger partial charge in [0.2, 0.25) is 5.91 Å². The summed E-state index contributed by atoms with van der Waals surface area (Å²) in [7, 11) is 0. The summed E-state index contributed by atoms with van der Waals surface area (Å²) >= 11 is 0. The lowest BCUT2D eigenvalue weighted by atomic mass is 9.96. The van der Waals surface area contributed by atoms with E-state index in [9.17, 15) is 9.59 Å². The fraction of sp³-hybridized carbons (Fsp3) is 0.636. The molecule has 1 unspecified atom stereocenters. The Morgan fingerprint density at radius 2 is 1.50 bits per heavy atom. The third-order valence-electron chi connectivity index (χ3n) is 6.42. The van der Waals surface area contributed by atoms with Crippen molar-refractivity contribution in [1.29, 1.82) is 0 Å². The van der Waals surface area contributed by atoms with Gasteiger partial charge in [-0.1, -0.05) is 63.1 Å². The third kappa shape index (κ3) is 3.38. The van der Waals surface area contributed by atoms with Gasteiger partial charge in [0.1, 0.15) is 6.04 Å². The Kier molecular flexibility index (Phi) is 5.28. The minimum Gasteiger partial charge on any atom is -0.351 e. The highest BCUT2D eigenvalue weighted by atomic mass is 16.2. The van der Waals surface area contributed by atoms with E-state index in [1.54, 1.807) is 0 Å². The first-order valence-electron chi connectivity index (χ1n) is 10.5. The molecule has 1 aromatic carbocycles. The van der Waals surface area contributed by atoms with E-state index >= 15 is 0 Å². The van der Waals surface area contributed by atoms with Gasteiger partial charge >= 0.3 is 0 Å². The van der Waals surface area contributed by atoms with Crippen LogP contribution in [0.25, 0.3) is 0 Å². The summed E-state index contributed by atoms with van der Waals surface area (Å²) in [6.07, 6.45) is 12.7. The molecule has 0 saturated heterocycles. The van der Waals surface area contributed by atoms with Gasteiger partial charge in [0.05, 0.1) is 0 Å². The molecule has 0 radical (unpaired) electrons. The molecule has 26 heavy (non-hydrogen) atoms. The summed E-state index contributed by atoms with van der Waals surface area (Å²) in [5.74, 6) is 0.0751. The fourth-order valence-corrected chi connectivity index (χ4v) is 5.04. The van der Waals surface area contributed by atoms with Crippen molar-refractivity contribution in [3.63, 3.8) is 0 Å². The number of hydrogen-bond donors (Lipinski definition) is 1. The molecule has 0 aromatic heterocycles. The Bertz CT molecular complexity index is 658. The maximum atomic E-state index is 13.3. The Morgan fingerprint density at radius 3 is 2.23 bits per heavy atom. The quantitative estimate of drug-likeness (QED) is 0.877. The van der Waals surface area contributed by atoms with Gasteiger partial charge in [-0.3, -0.25) is 9.59 Å². The Hall–Kier alpha value is -1.84. The van der Waals surface area contributed by atoms with E-state index < -0.39 is 6.04 Å². The maximum absolute atomic E-state index is 13.3. The van der Waals surface area contributed by atoms with Crippen LogP contribution in [-0.2, 0) is 4.79 Å². The van der Waals surface area contributed by atoms with Crippen molar-refractivity contribution in [3.05, 3.63) is 35.4 Å². The minimum atomic E-state index is -0.438. The van der Waals surface area contributed by atoms with Crippen LogP contribution in [0.5, 0.6) is 0 Å². The first kappa shape index (κ1) is 17.6. The van der Waals surface area contributed by atoms with Gasteiger partial charge in [-0.05, 0) is 37.3 Å². The summed E-state index contributed by atoms with van der Waals surface area (Å²) < 4.78 is 0. The second kappa shape index (κ2) is 7.81. The molecule has 2 amide bonds. The molecule has 0 spiro atoms. The van der Waals surface area contributed by atoms with Crippen LogP contribution < -0.4 is 5.32 Å². The average molecular weight is 354 g/mol. The standard InChI is InChI=1S/C22H30N2O2/c25-21(23-16-10-4-2-1-3-5-11-16)20-18-14-8-9-15-19(18)22(26)24(20)17-12-6-7-13-17/h8-9,14-17,20H,1-7,10-13H2,(H,23,25). The zero-order valence-corrected chi connectivity index (χ0v) is 15.6. The van der Waals surface area contributed by atoms with E-state index in [0.717, 1.165) is 49.7 Å². The van der Waals surface area contributed by atoms with Crippen LogP contribution in [-0.4, -0.2) is 28.8 Å². The molecule has 1 atom stereocenters. The summed E-state index contributed by atoms with van der Waals surface area (Å²) in [6.45, 7) is 0. The molecule has 2 saturated carbocycles. The van der Waals surface area contributed by atoms with Crippen LogP contribution in [0.4, 0.5) is 0 Å². The normalized spacial score (nSPS) is 25.0. The van der Waals surface area contributed by atoms with E-state index in [1.165, 1.54) is 32.1 Å². The van der Waals surface area contributed by atoms with Crippen molar-refractivity contribution in [3.8, 4) is 0 Å². The van der Waals surface area contributed by atoms with Crippen molar-refractivity contribution in [2.75, 3.05) is 0 Å². The summed E-state index contributed by atoms with van der Waals surface area (Å²) in [5.41, 5.74) is 1.62. The van der Waals surface area contributed by atoms with Crippen LogP contribution in [0.2, 0.25) is 0 Å². The van der Waals surface area contributed by atoms with Crippen LogP contribution in [0.3, 0.4) is 0 Å². The molecule has 4 heteroatoms. The first-order valence-corrected chi connectivity index (χ1v) is 10.5. The molecule has 2 fully saturated rings. The lowest BCUT2D eigenvalue weighted by molar-refractivity contribution is -0.127. The molecule has 1 aliphatic heterocycles. The van der Waals surface area contributed by atoms with Crippen LogP contribution >= 0.6 is 0 Å². The molecule has 1 aromatic rings. The highest BCUT2D eigenvalue weighted by molar-refractivity contribution is 6.05. The molecule has 0 bridgehead atoms. The van der Waals surface area contributed by atoms with Crippen molar-refractivity contribution in [2.24, 2.45) is 0 Å². The summed E-state index contributed by atoms with van der Waals surface area (Å²) in [6, 6.07) is 7.72. The van der Waals surface area contributed by atoms with Crippen LogP contribution in [0.15, 0.2) is 24.3 Å². The van der Waals surface area contributed by atoms with E-state index in [-0.39, 0.29) is 23.9 Å². The first-order chi connectivity index (χ1) is 12.8. The Morgan fingerprint density at radius 1 is 0.885 bits per heavy atom. The third-order valence-corrected chi connectivity index (χ3v) is 6.42. The molecule has 3 aliphatic rings. The van der Waals surface area contributed by atoms with E-state index in [2.05, 4.69) is 5.32 Å². The number of nitrogens with zero attached hydrogens (tertiary/aromatic N) is 1. The van der Waals surface area contributed by atoms with E-state index in [0.29, 0.717) is 0 Å².